The van der Waals surface area contributed by atoms with Gasteiger partial charge in [-0.3, -0.25) is 9.59 Å². The van der Waals surface area contributed by atoms with Crippen LogP contribution in [0.3, 0.4) is 0 Å². The van der Waals surface area contributed by atoms with Crippen LogP contribution in [0.1, 0.15) is 24.2 Å². The molecular formula is C15H20N2O6S. The van der Waals surface area contributed by atoms with E-state index in [1.54, 1.807) is 6.92 Å². The number of benzene rings is 1. The van der Waals surface area contributed by atoms with Crippen LogP contribution < -0.4 is 10.6 Å². The largest absolute Gasteiger partial charge is 0.452 e. The van der Waals surface area contributed by atoms with Crippen LogP contribution in [0.2, 0.25) is 0 Å². The van der Waals surface area contributed by atoms with Crippen LogP contribution in [-0.2, 0) is 24.2 Å². The average Bonchev–Trinajstić information content (AvgIpc) is 2.52. The van der Waals surface area contributed by atoms with Crippen LogP contribution in [0.15, 0.2) is 29.2 Å². The first-order chi connectivity index (χ1) is 11.2. The van der Waals surface area contributed by atoms with Gasteiger partial charge in [0, 0.05) is 12.8 Å². The van der Waals surface area contributed by atoms with Gasteiger partial charge in [-0.15, -0.1) is 0 Å². The number of ether oxygens (including phenoxy) is 1. The van der Waals surface area contributed by atoms with Gasteiger partial charge in [-0.2, -0.15) is 0 Å². The van der Waals surface area contributed by atoms with Gasteiger partial charge in [0.1, 0.15) is 6.04 Å². The number of likely N-dealkylation sites (N-methyl/N-ethyl adjacent to an activating group) is 1. The van der Waals surface area contributed by atoms with Gasteiger partial charge in [-0.05, 0) is 26.0 Å². The Morgan fingerprint density at radius 2 is 1.83 bits per heavy atom. The van der Waals surface area contributed by atoms with Gasteiger partial charge < -0.3 is 15.4 Å². The van der Waals surface area contributed by atoms with E-state index in [-0.39, 0.29) is 16.4 Å². The maximum Gasteiger partial charge on any atom is 0.339 e. The zero-order chi connectivity index (χ0) is 18.3. The van der Waals surface area contributed by atoms with Gasteiger partial charge in [0.25, 0.3) is 5.91 Å². The van der Waals surface area contributed by atoms with Gasteiger partial charge in [0.15, 0.2) is 16.4 Å². The second-order valence-corrected chi connectivity index (χ2v) is 7.01. The van der Waals surface area contributed by atoms with E-state index >= 15 is 0 Å². The molecule has 0 aromatic heterocycles. The molecule has 0 spiro atoms. The van der Waals surface area contributed by atoms with E-state index in [1.807, 2.05) is 0 Å². The number of rotatable bonds is 7. The minimum absolute atomic E-state index is 0.149. The number of sulfone groups is 1. The standard InChI is InChI=1S/C15H20N2O6S/c1-4-16-14(19)10(2)17-13(18)9-23-15(20)11-7-5-6-8-12(11)24(3,21)22/h5-8,10H,4,9H2,1-3H3,(H,16,19)(H,17,18)/t10-/m0/s1. The summed E-state index contributed by atoms with van der Waals surface area (Å²) in [6.45, 7) is 3.04. The van der Waals surface area contributed by atoms with Crippen LogP contribution in [0.5, 0.6) is 0 Å². The first kappa shape index (κ1) is 19.6. The lowest BCUT2D eigenvalue weighted by atomic mass is 10.2. The fourth-order valence-corrected chi connectivity index (χ4v) is 2.72. The predicted molar refractivity (Wildman–Crippen MR) is 86.1 cm³/mol. The molecule has 0 fully saturated rings. The molecule has 9 heteroatoms. The van der Waals surface area contributed by atoms with E-state index in [9.17, 15) is 22.8 Å². The van der Waals surface area contributed by atoms with Crippen molar-refractivity contribution in [3.05, 3.63) is 29.8 Å². The highest BCUT2D eigenvalue weighted by molar-refractivity contribution is 7.90. The number of esters is 1. The molecule has 0 saturated carbocycles. The SMILES string of the molecule is CCNC(=O)[C@H](C)NC(=O)COC(=O)c1ccccc1S(C)(=O)=O. The number of amides is 2. The second-order valence-electron chi connectivity index (χ2n) is 5.03. The molecule has 1 rings (SSSR count). The quantitative estimate of drug-likeness (QED) is 0.658. The Kier molecular flexibility index (Phi) is 6.90. The van der Waals surface area contributed by atoms with Gasteiger partial charge in [0.2, 0.25) is 5.91 Å². The van der Waals surface area contributed by atoms with E-state index < -0.39 is 34.4 Å². The molecule has 0 heterocycles. The topological polar surface area (TPSA) is 119 Å². The Hall–Kier alpha value is -2.42. The molecule has 0 aliphatic heterocycles. The van der Waals surface area contributed by atoms with Crippen LogP contribution in [0.4, 0.5) is 0 Å². The third kappa shape index (κ3) is 5.65. The Morgan fingerprint density at radius 1 is 1.21 bits per heavy atom. The van der Waals surface area contributed by atoms with E-state index in [4.69, 9.17) is 4.74 Å². The van der Waals surface area contributed by atoms with Gasteiger partial charge in [-0.25, -0.2) is 13.2 Å². The Balaban J connectivity index is 2.68. The van der Waals surface area contributed by atoms with Crippen molar-refractivity contribution < 1.29 is 27.5 Å². The zero-order valence-electron chi connectivity index (χ0n) is 13.7. The normalized spacial score (nSPS) is 12.1. The molecule has 0 unspecified atom stereocenters. The molecule has 0 bridgehead atoms. The molecule has 0 aliphatic carbocycles. The lowest BCUT2D eigenvalue weighted by Crippen LogP contribution is -2.46. The molecule has 0 radical (unpaired) electrons. The molecule has 1 aromatic rings. The van der Waals surface area contributed by atoms with Crippen molar-refractivity contribution in [2.24, 2.45) is 0 Å². The Labute approximate surface area is 140 Å². The van der Waals surface area contributed by atoms with Crippen molar-refractivity contribution in [1.29, 1.82) is 0 Å². The average molecular weight is 356 g/mol. The minimum atomic E-state index is -3.61. The van der Waals surface area contributed by atoms with Crippen LogP contribution in [0, 0.1) is 0 Å². The molecule has 132 valence electrons. The lowest BCUT2D eigenvalue weighted by Gasteiger charge is -2.13. The summed E-state index contributed by atoms with van der Waals surface area (Å²) >= 11 is 0. The van der Waals surface area contributed by atoms with Gasteiger partial charge >= 0.3 is 5.97 Å². The van der Waals surface area contributed by atoms with Crippen molar-refractivity contribution in [3.63, 3.8) is 0 Å². The van der Waals surface area contributed by atoms with Crippen LogP contribution >= 0.6 is 0 Å². The highest BCUT2D eigenvalue weighted by Crippen LogP contribution is 2.16. The van der Waals surface area contributed by atoms with E-state index in [2.05, 4.69) is 10.6 Å². The number of nitrogens with one attached hydrogen (secondary N) is 2. The summed E-state index contributed by atoms with van der Waals surface area (Å²) in [7, 11) is -3.61. The molecular weight excluding hydrogens is 336 g/mol. The number of hydrogen-bond donors (Lipinski definition) is 2. The number of carbonyl (C=O) groups is 3. The second kappa shape index (κ2) is 8.44. The first-order valence-electron chi connectivity index (χ1n) is 7.20. The molecule has 0 aliphatic rings. The summed E-state index contributed by atoms with van der Waals surface area (Å²) in [4.78, 5) is 35.0. The third-order valence-electron chi connectivity index (χ3n) is 2.96. The van der Waals surface area contributed by atoms with Crippen molar-refractivity contribution in [3.8, 4) is 0 Å². The molecule has 0 saturated heterocycles. The van der Waals surface area contributed by atoms with Crippen molar-refractivity contribution in [1.82, 2.24) is 10.6 Å². The maximum absolute atomic E-state index is 12.0. The molecule has 1 aromatic carbocycles. The number of hydrogen-bond acceptors (Lipinski definition) is 6. The van der Waals surface area contributed by atoms with Crippen LogP contribution in [0.25, 0.3) is 0 Å². The van der Waals surface area contributed by atoms with Crippen molar-refractivity contribution in [2.45, 2.75) is 24.8 Å². The van der Waals surface area contributed by atoms with E-state index in [1.165, 1.54) is 31.2 Å². The fourth-order valence-electron chi connectivity index (χ4n) is 1.84. The van der Waals surface area contributed by atoms with Crippen molar-refractivity contribution >= 4 is 27.6 Å². The molecule has 24 heavy (non-hydrogen) atoms. The summed E-state index contributed by atoms with van der Waals surface area (Å²) in [5.41, 5.74) is -0.149. The van der Waals surface area contributed by atoms with Gasteiger partial charge in [0.05, 0.1) is 10.5 Å². The van der Waals surface area contributed by atoms with E-state index in [0.29, 0.717) is 6.54 Å². The summed E-state index contributed by atoms with van der Waals surface area (Å²) in [5, 5.41) is 4.91. The summed E-state index contributed by atoms with van der Waals surface area (Å²) in [5.74, 6) is -1.96. The fraction of sp³-hybridized carbons (Fsp3) is 0.400. The number of carbonyl (C=O) groups excluding carboxylic acids is 3. The summed E-state index contributed by atoms with van der Waals surface area (Å²) in [6.07, 6.45) is 0.972. The third-order valence-corrected chi connectivity index (χ3v) is 4.12. The van der Waals surface area contributed by atoms with E-state index in [0.717, 1.165) is 6.26 Å². The molecule has 1 atom stereocenters. The highest BCUT2D eigenvalue weighted by Gasteiger charge is 2.21. The minimum Gasteiger partial charge on any atom is -0.452 e. The van der Waals surface area contributed by atoms with Crippen molar-refractivity contribution in [2.75, 3.05) is 19.4 Å². The predicted octanol–water partition coefficient (Wildman–Crippen LogP) is -0.112. The first-order valence-corrected chi connectivity index (χ1v) is 9.09. The summed E-state index contributed by atoms with van der Waals surface area (Å²) in [6, 6.07) is 4.77. The maximum atomic E-state index is 12.0. The van der Waals surface area contributed by atoms with Crippen LogP contribution in [-0.4, -0.2) is 51.7 Å². The Bertz CT molecular complexity index is 729. The highest BCUT2D eigenvalue weighted by atomic mass is 32.2. The molecule has 2 N–H and O–H groups in total. The smallest absolute Gasteiger partial charge is 0.339 e. The summed E-state index contributed by atoms with van der Waals surface area (Å²) < 4.78 is 28.1. The molecule has 2 amide bonds. The monoisotopic (exact) mass is 356 g/mol. The molecule has 8 nitrogen and oxygen atoms in total. The zero-order valence-corrected chi connectivity index (χ0v) is 14.5. The lowest BCUT2D eigenvalue weighted by molar-refractivity contribution is -0.130. The Morgan fingerprint density at radius 3 is 2.42 bits per heavy atom. The van der Waals surface area contributed by atoms with Gasteiger partial charge in [-0.1, -0.05) is 12.1 Å².